The second-order valence-electron chi connectivity index (χ2n) is 4.46. The predicted octanol–water partition coefficient (Wildman–Crippen LogP) is -3.10. The number of carboxylic acids is 1. The van der Waals surface area contributed by atoms with E-state index in [0.29, 0.717) is 0 Å². The first kappa shape index (κ1) is 16.4. The summed E-state index contributed by atoms with van der Waals surface area (Å²) in [6.45, 7) is 0.463. The van der Waals surface area contributed by atoms with E-state index >= 15 is 0 Å². The van der Waals surface area contributed by atoms with E-state index in [1.54, 1.807) is 0 Å². The van der Waals surface area contributed by atoms with Crippen LogP contribution in [0.3, 0.4) is 0 Å². The Morgan fingerprint density at radius 2 is 2.10 bits per heavy atom. The molecule has 0 bridgehead atoms. The van der Waals surface area contributed by atoms with Gasteiger partial charge < -0.3 is 36.2 Å². The minimum atomic E-state index is -1.62. The van der Waals surface area contributed by atoms with Gasteiger partial charge in [0.2, 0.25) is 11.7 Å². The highest BCUT2D eigenvalue weighted by Crippen LogP contribution is 2.21. The van der Waals surface area contributed by atoms with E-state index in [4.69, 9.17) is 20.7 Å². The lowest BCUT2D eigenvalue weighted by Crippen LogP contribution is -2.62. The molecule has 0 saturated heterocycles. The van der Waals surface area contributed by atoms with Crippen LogP contribution in [0.5, 0.6) is 0 Å². The van der Waals surface area contributed by atoms with Crippen molar-refractivity contribution in [3.63, 3.8) is 0 Å². The van der Waals surface area contributed by atoms with E-state index in [1.165, 1.54) is 6.92 Å². The molecule has 0 saturated carbocycles. The number of aliphatic carboxylic acids is 1. The SMILES string of the molecule is CC(=O)N[C@H]1[C@H]([C@@H](O)[C@@H](O)CO)OC(C(=O)O)=C[C@H]1N. The zero-order valence-corrected chi connectivity index (χ0v) is 10.8. The number of nitrogens with two attached hydrogens (primary N) is 1. The summed E-state index contributed by atoms with van der Waals surface area (Å²) >= 11 is 0. The maximum atomic E-state index is 11.1. The van der Waals surface area contributed by atoms with Crippen LogP contribution in [0, 0.1) is 0 Å². The van der Waals surface area contributed by atoms with Crippen molar-refractivity contribution in [3.8, 4) is 0 Å². The highest BCUT2D eigenvalue weighted by atomic mass is 16.5. The third kappa shape index (κ3) is 3.67. The molecule has 1 amide bonds. The number of rotatable bonds is 5. The van der Waals surface area contributed by atoms with Gasteiger partial charge in [-0.15, -0.1) is 0 Å². The highest BCUT2D eigenvalue weighted by Gasteiger charge is 2.42. The van der Waals surface area contributed by atoms with Crippen LogP contribution in [0.4, 0.5) is 0 Å². The molecule has 9 nitrogen and oxygen atoms in total. The maximum absolute atomic E-state index is 11.1. The molecule has 7 N–H and O–H groups in total. The summed E-state index contributed by atoms with van der Waals surface area (Å²) in [5.74, 6) is -2.34. The molecule has 5 atom stereocenters. The van der Waals surface area contributed by atoms with Crippen molar-refractivity contribution < 1.29 is 34.8 Å². The summed E-state index contributed by atoms with van der Waals surface area (Å²) < 4.78 is 5.06. The van der Waals surface area contributed by atoms with Crippen molar-refractivity contribution >= 4 is 11.9 Å². The van der Waals surface area contributed by atoms with Crippen LogP contribution >= 0.6 is 0 Å². The fourth-order valence-electron chi connectivity index (χ4n) is 1.90. The number of amides is 1. The number of hydrogen-bond donors (Lipinski definition) is 6. The van der Waals surface area contributed by atoms with Gasteiger partial charge in [-0.2, -0.15) is 0 Å². The second kappa shape index (κ2) is 6.66. The zero-order chi connectivity index (χ0) is 15.4. The number of carbonyl (C=O) groups excluding carboxylic acids is 1. The Hall–Kier alpha value is -1.68. The molecule has 0 radical (unpaired) electrons. The molecule has 0 spiro atoms. The topological polar surface area (TPSA) is 162 Å². The minimum absolute atomic E-state index is 0.461. The van der Waals surface area contributed by atoms with Gasteiger partial charge in [0.05, 0.1) is 18.7 Å². The van der Waals surface area contributed by atoms with Crippen LogP contribution < -0.4 is 11.1 Å². The summed E-state index contributed by atoms with van der Waals surface area (Å²) in [6.07, 6.45) is -3.38. The maximum Gasteiger partial charge on any atom is 0.370 e. The lowest BCUT2D eigenvalue weighted by Gasteiger charge is -2.38. The molecule has 9 heteroatoms. The summed E-state index contributed by atoms with van der Waals surface area (Å²) in [6, 6.07) is -1.86. The molecule has 1 aliphatic heterocycles. The quantitative estimate of drug-likeness (QED) is 0.310. The van der Waals surface area contributed by atoms with Crippen molar-refractivity contribution in [1.29, 1.82) is 0 Å². The first-order valence-corrected chi connectivity index (χ1v) is 5.89. The Morgan fingerprint density at radius 3 is 2.55 bits per heavy atom. The van der Waals surface area contributed by atoms with Crippen molar-refractivity contribution in [3.05, 3.63) is 11.8 Å². The van der Waals surface area contributed by atoms with Gasteiger partial charge in [-0.25, -0.2) is 4.79 Å². The molecule has 0 aromatic heterocycles. The Labute approximate surface area is 114 Å². The van der Waals surface area contributed by atoms with Crippen LogP contribution in [0.25, 0.3) is 0 Å². The number of ether oxygens (including phenoxy) is 1. The molecular formula is C11H18N2O7. The van der Waals surface area contributed by atoms with Crippen molar-refractivity contribution in [2.75, 3.05) is 6.61 Å². The average molecular weight is 290 g/mol. The molecule has 0 aromatic rings. The van der Waals surface area contributed by atoms with E-state index in [9.17, 15) is 19.8 Å². The van der Waals surface area contributed by atoms with Gasteiger partial charge in [-0.1, -0.05) is 0 Å². The first-order valence-electron chi connectivity index (χ1n) is 5.89. The summed E-state index contributed by atoms with van der Waals surface area (Å²) in [5.41, 5.74) is 5.74. The summed E-state index contributed by atoms with van der Waals surface area (Å²) in [5, 5.41) is 39.5. The van der Waals surface area contributed by atoms with E-state index in [1.807, 2.05) is 0 Å². The molecule has 0 unspecified atom stereocenters. The third-order valence-electron chi connectivity index (χ3n) is 2.87. The standard InChI is InChI=1S/C11H18N2O7/c1-4(15)13-8-5(12)2-7(11(18)19)20-10(8)9(17)6(16)3-14/h2,5-6,8-10,14,16-17H,3,12H2,1H3,(H,13,15)(H,18,19)/t5-,6+,8-,9+,10-/m1/s1. The van der Waals surface area contributed by atoms with E-state index in [-0.39, 0.29) is 0 Å². The molecule has 114 valence electrons. The van der Waals surface area contributed by atoms with Crippen molar-refractivity contribution in [2.24, 2.45) is 5.73 Å². The van der Waals surface area contributed by atoms with Crippen molar-refractivity contribution in [2.45, 2.75) is 37.3 Å². The highest BCUT2D eigenvalue weighted by molar-refractivity contribution is 5.84. The fourth-order valence-corrected chi connectivity index (χ4v) is 1.90. The van der Waals surface area contributed by atoms with Gasteiger partial charge in [-0.3, -0.25) is 4.79 Å². The number of carbonyl (C=O) groups is 2. The number of aliphatic hydroxyl groups is 3. The summed E-state index contributed by atoms with van der Waals surface area (Å²) in [7, 11) is 0. The Bertz CT molecular complexity index is 412. The molecule has 1 rings (SSSR count). The molecular weight excluding hydrogens is 272 g/mol. The first-order chi connectivity index (χ1) is 9.27. The molecule has 0 aromatic carbocycles. The van der Waals surface area contributed by atoms with Gasteiger partial charge in [0, 0.05) is 6.92 Å². The predicted molar refractivity (Wildman–Crippen MR) is 65.3 cm³/mol. The van der Waals surface area contributed by atoms with E-state index in [2.05, 4.69) is 5.32 Å². The van der Waals surface area contributed by atoms with Gasteiger partial charge in [0.15, 0.2) is 0 Å². The molecule has 20 heavy (non-hydrogen) atoms. The molecule has 0 fully saturated rings. The molecule has 1 heterocycles. The van der Waals surface area contributed by atoms with Crippen LogP contribution in [-0.4, -0.2) is 69.3 Å². The molecule has 0 aliphatic carbocycles. The van der Waals surface area contributed by atoms with Gasteiger partial charge >= 0.3 is 5.97 Å². The number of hydrogen-bond acceptors (Lipinski definition) is 7. The monoisotopic (exact) mass is 290 g/mol. The third-order valence-corrected chi connectivity index (χ3v) is 2.87. The van der Waals surface area contributed by atoms with Gasteiger partial charge in [0.25, 0.3) is 0 Å². The van der Waals surface area contributed by atoms with Crippen LogP contribution in [0.1, 0.15) is 6.92 Å². The fraction of sp³-hybridized carbons (Fsp3) is 0.636. The average Bonchev–Trinajstić information content (AvgIpc) is 2.38. The number of aliphatic hydroxyl groups excluding tert-OH is 3. The smallest absolute Gasteiger partial charge is 0.370 e. The van der Waals surface area contributed by atoms with E-state index in [0.717, 1.165) is 6.08 Å². The minimum Gasteiger partial charge on any atom is -0.478 e. The Balaban J connectivity index is 3.04. The number of nitrogens with one attached hydrogen (secondary N) is 1. The number of carboxylic acid groups (broad SMARTS) is 1. The van der Waals surface area contributed by atoms with Crippen molar-refractivity contribution in [1.82, 2.24) is 5.32 Å². The normalized spacial score (nSPS) is 28.9. The Morgan fingerprint density at radius 1 is 1.50 bits per heavy atom. The van der Waals surface area contributed by atoms with Crippen LogP contribution in [0.15, 0.2) is 11.8 Å². The second-order valence-corrected chi connectivity index (χ2v) is 4.46. The largest absolute Gasteiger partial charge is 0.478 e. The lowest BCUT2D eigenvalue weighted by atomic mass is 9.92. The van der Waals surface area contributed by atoms with Crippen LogP contribution in [0.2, 0.25) is 0 Å². The summed E-state index contributed by atoms with van der Waals surface area (Å²) in [4.78, 5) is 22.0. The Kier molecular flexibility index (Phi) is 5.45. The van der Waals surface area contributed by atoms with E-state index < -0.39 is 54.6 Å². The lowest BCUT2D eigenvalue weighted by molar-refractivity contribution is -0.145. The molecule has 1 aliphatic rings. The zero-order valence-electron chi connectivity index (χ0n) is 10.8. The van der Waals surface area contributed by atoms with Gasteiger partial charge in [0.1, 0.15) is 18.3 Å². The van der Waals surface area contributed by atoms with Gasteiger partial charge in [-0.05, 0) is 6.08 Å². The van der Waals surface area contributed by atoms with Crippen LogP contribution in [-0.2, 0) is 14.3 Å².